The normalized spacial score (nSPS) is 12.9. The van der Waals surface area contributed by atoms with Crippen LogP contribution in [0.4, 0.5) is 13.2 Å². The number of nitrogens with zero attached hydrogens (tertiary/aromatic N) is 1. The Bertz CT molecular complexity index is 697. The summed E-state index contributed by atoms with van der Waals surface area (Å²) in [5.41, 5.74) is 2.83. The zero-order chi connectivity index (χ0) is 17.9. The first-order chi connectivity index (χ1) is 10.5. The minimum atomic E-state index is -4.73. The van der Waals surface area contributed by atoms with E-state index in [1.165, 1.54) is 6.07 Å². The van der Waals surface area contributed by atoms with Crippen LogP contribution in [0.3, 0.4) is 0 Å². The standard InChI is InChI=1S/C14H18F3N3O2S/c1-3-13(4-2,9-19)20-23(21,22)11-5-6-12(14(15,16)17)10(7-11)8-18/h5-7,20H,3-4,9,19H2,1-2H3. The molecule has 0 fully saturated rings. The highest BCUT2D eigenvalue weighted by Gasteiger charge is 2.35. The van der Waals surface area contributed by atoms with Crippen molar-refractivity contribution in [1.82, 2.24) is 4.72 Å². The molecular formula is C14H18F3N3O2S. The molecule has 0 unspecified atom stereocenters. The third kappa shape index (κ3) is 4.22. The van der Waals surface area contributed by atoms with E-state index in [9.17, 15) is 21.6 Å². The lowest BCUT2D eigenvalue weighted by Crippen LogP contribution is -2.52. The maximum absolute atomic E-state index is 12.8. The van der Waals surface area contributed by atoms with Gasteiger partial charge in [0.15, 0.2) is 0 Å². The first kappa shape index (κ1) is 19.4. The van der Waals surface area contributed by atoms with Gasteiger partial charge >= 0.3 is 6.18 Å². The molecule has 0 bridgehead atoms. The SMILES string of the molecule is CCC(CC)(CN)NS(=O)(=O)c1ccc(C(F)(F)F)c(C#N)c1. The van der Waals surface area contributed by atoms with Crippen LogP contribution in [0.2, 0.25) is 0 Å². The van der Waals surface area contributed by atoms with Crippen molar-refractivity contribution in [2.75, 3.05) is 6.54 Å². The minimum absolute atomic E-state index is 0.0466. The highest BCUT2D eigenvalue weighted by atomic mass is 32.2. The van der Waals surface area contributed by atoms with Gasteiger partial charge in [-0.2, -0.15) is 18.4 Å². The van der Waals surface area contributed by atoms with Crippen LogP contribution in [-0.2, 0) is 16.2 Å². The molecule has 0 aliphatic rings. The van der Waals surface area contributed by atoms with Crippen molar-refractivity contribution >= 4 is 10.0 Å². The summed E-state index contributed by atoms with van der Waals surface area (Å²) in [6.45, 7) is 3.56. The molecule has 0 amide bonds. The number of nitrogens with two attached hydrogens (primary N) is 1. The molecule has 0 radical (unpaired) electrons. The lowest BCUT2D eigenvalue weighted by atomic mass is 9.95. The van der Waals surface area contributed by atoms with E-state index in [0.717, 1.165) is 12.1 Å². The lowest BCUT2D eigenvalue weighted by molar-refractivity contribution is -0.137. The molecular weight excluding hydrogens is 331 g/mol. The quantitative estimate of drug-likeness (QED) is 0.824. The number of nitriles is 1. The largest absolute Gasteiger partial charge is 0.417 e. The van der Waals surface area contributed by atoms with Gasteiger partial charge in [-0.1, -0.05) is 13.8 Å². The second-order valence-electron chi connectivity index (χ2n) is 5.11. The summed E-state index contributed by atoms with van der Waals surface area (Å²) in [6.07, 6.45) is -3.88. The summed E-state index contributed by atoms with van der Waals surface area (Å²) in [7, 11) is -4.10. The number of alkyl halides is 3. The topological polar surface area (TPSA) is 96.0 Å². The lowest BCUT2D eigenvalue weighted by Gasteiger charge is -2.31. The predicted octanol–water partition coefficient (Wildman–Crippen LogP) is 2.37. The van der Waals surface area contributed by atoms with E-state index in [-0.39, 0.29) is 6.54 Å². The molecule has 0 saturated carbocycles. The van der Waals surface area contributed by atoms with Gasteiger partial charge in [-0.05, 0) is 31.0 Å². The third-order valence-electron chi connectivity index (χ3n) is 3.82. The predicted molar refractivity (Wildman–Crippen MR) is 78.8 cm³/mol. The van der Waals surface area contributed by atoms with E-state index in [4.69, 9.17) is 11.0 Å². The van der Waals surface area contributed by atoms with Gasteiger partial charge in [0.1, 0.15) is 0 Å². The van der Waals surface area contributed by atoms with Crippen LogP contribution in [-0.4, -0.2) is 20.5 Å². The van der Waals surface area contributed by atoms with Crippen LogP contribution in [0.15, 0.2) is 23.1 Å². The number of benzene rings is 1. The summed E-state index contributed by atoms with van der Waals surface area (Å²) in [6, 6.07) is 3.53. The molecule has 0 heterocycles. The van der Waals surface area contributed by atoms with Gasteiger partial charge in [0.25, 0.3) is 0 Å². The van der Waals surface area contributed by atoms with E-state index in [1.54, 1.807) is 13.8 Å². The molecule has 1 aromatic rings. The fourth-order valence-electron chi connectivity index (χ4n) is 2.10. The molecule has 0 aromatic heterocycles. The Balaban J connectivity index is 3.34. The summed E-state index contributed by atoms with van der Waals surface area (Å²) in [5, 5.41) is 8.86. The number of nitrogens with one attached hydrogen (secondary N) is 1. The van der Waals surface area contributed by atoms with Crippen molar-refractivity contribution in [3.05, 3.63) is 29.3 Å². The smallest absolute Gasteiger partial charge is 0.329 e. The van der Waals surface area contributed by atoms with E-state index in [1.807, 2.05) is 0 Å². The Morgan fingerprint density at radius 1 is 1.26 bits per heavy atom. The summed E-state index contributed by atoms with van der Waals surface area (Å²) in [4.78, 5) is -0.401. The van der Waals surface area contributed by atoms with Crippen molar-refractivity contribution in [3.63, 3.8) is 0 Å². The average Bonchev–Trinajstić information content (AvgIpc) is 2.51. The molecule has 0 saturated heterocycles. The second kappa shape index (κ2) is 6.86. The first-order valence-corrected chi connectivity index (χ1v) is 8.39. The number of hydrogen-bond donors (Lipinski definition) is 2. The average molecular weight is 349 g/mol. The molecule has 3 N–H and O–H groups in total. The monoisotopic (exact) mass is 349 g/mol. The van der Waals surface area contributed by atoms with Crippen molar-refractivity contribution in [1.29, 1.82) is 5.26 Å². The molecule has 5 nitrogen and oxygen atoms in total. The van der Waals surface area contributed by atoms with Gasteiger partial charge < -0.3 is 5.73 Å². The van der Waals surface area contributed by atoms with Crippen LogP contribution >= 0.6 is 0 Å². The molecule has 0 spiro atoms. The summed E-state index contributed by atoms with van der Waals surface area (Å²) >= 11 is 0. The van der Waals surface area contributed by atoms with Crippen molar-refractivity contribution < 1.29 is 21.6 Å². The van der Waals surface area contributed by atoms with Crippen LogP contribution in [0.5, 0.6) is 0 Å². The molecule has 0 aliphatic carbocycles. The van der Waals surface area contributed by atoms with Crippen LogP contribution in [0, 0.1) is 11.3 Å². The van der Waals surface area contributed by atoms with Gasteiger partial charge in [-0.15, -0.1) is 0 Å². The van der Waals surface area contributed by atoms with Gasteiger partial charge in [0.2, 0.25) is 10.0 Å². The molecule has 1 aromatic carbocycles. The maximum Gasteiger partial charge on any atom is 0.417 e. The van der Waals surface area contributed by atoms with Gasteiger partial charge in [0, 0.05) is 12.1 Å². The van der Waals surface area contributed by atoms with Crippen LogP contribution in [0.25, 0.3) is 0 Å². The molecule has 9 heteroatoms. The van der Waals surface area contributed by atoms with Gasteiger partial charge in [-0.3, -0.25) is 0 Å². The number of hydrogen-bond acceptors (Lipinski definition) is 4. The van der Waals surface area contributed by atoms with E-state index >= 15 is 0 Å². The fraction of sp³-hybridized carbons (Fsp3) is 0.500. The molecule has 0 aliphatic heterocycles. The molecule has 23 heavy (non-hydrogen) atoms. The Morgan fingerprint density at radius 3 is 2.22 bits per heavy atom. The van der Waals surface area contributed by atoms with Gasteiger partial charge in [-0.25, -0.2) is 13.1 Å². The second-order valence-corrected chi connectivity index (χ2v) is 6.80. The number of sulfonamides is 1. The highest BCUT2D eigenvalue weighted by molar-refractivity contribution is 7.89. The maximum atomic E-state index is 12.8. The zero-order valence-electron chi connectivity index (χ0n) is 12.7. The molecule has 0 atom stereocenters. The first-order valence-electron chi connectivity index (χ1n) is 6.90. The molecule has 128 valence electrons. The van der Waals surface area contributed by atoms with Crippen molar-refractivity contribution in [2.45, 2.75) is 43.3 Å². The van der Waals surface area contributed by atoms with Crippen LogP contribution < -0.4 is 10.5 Å². The Morgan fingerprint density at radius 2 is 1.83 bits per heavy atom. The highest BCUT2D eigenvalue weighted by Crippen LogP contribution is 2.33. The van der Waals surface area contributed by atoms with Crippen molar-refractivity contribution in [2.24, 2.45) is 5.73 Å². The minimum Gasteiger partial charge on any atom is -0.329 e. The van der Waals surface area contributed by atoms with E-state index in [2.05, 4.69) is 4.72 Å². The van der Waals surface area contributed by atoms with Crippen LogP contribution in [0.1, 0.15) is 37.8 Å². The Labute approximate surface area is 133 Å². The Hall–Kier alpha value is -1.63. The van der Waals surface area contributed by atoms with Gasteiger partial charge in [0.05, 0.1) is 22.1 Å². The summed E-state index contributed by atoms with van der Waals surface area (Å²) in [5.74, 6) is 0. The zero-order valence-corrected chi connectivity index (χ0v) is 13.6. The molecule has 1 rings (SSSR count). The van der Waals surface area contributed by atoms with Crippen molar-refractivity contribution in [3.8, 4) is 6.07 Å². The Kier molecular flexibility index (Phi) is 5.79. The van der Waals surface area contributed by atoms with E-state index < -0.39 is 37.8 Å². The number of rotatable bonds is 6. The number of halogens is 3. The van der Waals surface area contributed by atoms with E-state index in [0.29, 0.717) is 18.9 Å². The third-order valence-corrected chi connectivity index (χ3v) is 5.40. The fourth-order valence-corrected chi connectivity index (χ4v) is 3.68. The summed E-state index contributed by atoms with van der Waals surface area (Å²) < 4.78 is 65.5.